The Morgan fingerprint density at radius 2 is 1.82 bits per heavy atom. The van der Waals surface area contributed by atoms with Gasteiger partial charge in [-0.05, 0) is 30.7 Å². The second-order valence-corrected chi connectivity index (χ2v) is 5.74. The van der Waals surface area contributed by atoms with E-state index in [0.29, 0.717) is 16.6 Å². The first-order valence-electron chi connectivity index (χ1n) is 6.95. The van der Waals surface area contributed by atoms with Gasteiger partial charge in [-0.3, -0.25) is 0 Å². The molecule has 0 amide bonds. The van der Waals surface area contributed by atoms with Crippen LogP contribution in [0.25, 0.3) is 0 Å². The summed E-state index contributed by atoms with van der Waals surface area (Å²) in [7, 11) is 3.27. The highest BCUT2D eigenvalue weighted by molar-refractivity contribution is 6.42. The molecule has 118 valence electrons. The van der Waals surface area contributed by atoms with Gasteiger partial charge in [0.1, 0.15) is 0 Å². The summed E-state index contributed by atoms with van der Waals surface area (Å²) in [6, 6.07) is 11.6. The quantitative estimate of drug-likeness (QED) is 0.814. The van der Waals surface area contributed by atoms with E-state index in [9.17, 15) is 0 Å². The van der Waals surface area contributed by atoms with Gasteiger partial charge >= 0.3 is 0 Å². The molecule has 0 heterocycles. The first kappa shape index (κ1) is 16.9. The fourth-order valence-corrected chi connectivity index (χ4v) is 2.56. The molecular formula is C17H19Cl2NO2. The van der Waals surface area contributed by atoms with Crippen LogP contribution in [0.1, 0.15) is 24.1 Å². The maximum absolute atomic E-state index is 6.07. The Hall–Kier alpha value is -1.42. The van der Waals surface area contributed by atoms with Crippen molar-refractivity contribution >= 4 is 23.2 Å². The minimum atomic E-state index is 0.130. The predicted molar refractivity (Wildman–Crippen MR) is 91.3 cm³/mol. The summed E-state index contributed by atoms with van der Waals surface area (Å²) in [6.45, 7) is 2.73. The molecule has 0 aliphatic heterocycles. The number of ether oxygens (including phenoxy) is 2. The van der Waals surface area contributed by atoms with Crippen LogP contribution in [-0.4, -0.2) is 14.2 Å². The Labute approximate surface area is 141 Å². The van der Waals surface area contributed by atoms with Gasteiger partial charge in [-0.1, -0.05) is 41.4 Å². The van der Waals surface area contributed by atoms with Crippen LogP contribution < -0.4 is 14.8 Å². The minimum absolute atomic E-state index is 0.130. The molecule has 5 heteroatoms. The van der Waals surface area contributed by atoms with Crippen LogP contribution in [0.3, 0.4) is 0 Å². The third kappa shape index (κ3) is 3.86. The van der Waals surface area contributed by atoms with Gasteiger partial charge in [0.2, 0.25) is 0 Å². The largest absolute Gasteiger partial charge is 0.493 e. The van der Waals surface area contributed by atoms with E-state index in [1.54, 1.807) is 14.2 Å². The smallest absolute Gasteiger partial charge is 0.165 e. The van der Waals surface area contributed by atoms with Crippen LogP contribution >= 0.6 is 23.2 Å². The van der Waals surface area contributed by atoms with Gasteiger partial charge in [0.05, 0.1) is 24.3 Å². The molecule has 22 heavy (non-hydrogen) atoms. The van der Waals surface area contributed by atoms with E-state index in [1.165, 1.54) is 0 Å². The molecule has 0 spiro atoms. The van der Waals surface area contributed by atoms with E-state index in [2.05, 4.69) is 12.2 Å². The third-order valence-electron chi connectivity index (χ3n) is 3.53. The summed E-state index contributed by atoms with van der Waals surface area (Å²) in [4.78, 5) is 0. The van der Waals surface area contributed by atoms with Gasteiger partial charge in [0, 0.05) is 18.2 Å². The molecule has 0 bridgehead atoms. The van der Waals surface area contributed by atoms with Gasteiger partial charge < -0.3 is 14.8 Å². The molecule has 0 radical (unpaired) electrons. The Balaban J connectivity index is 2.11. The van der Waals surface area contributed by atoms with Crippen molar-refractivity contribution in [1.29, 1.82) is 0 Å². The summed E-state index contributed by atoms with van der Waals surface area (Å²) < 4.78 is 10.7. The fraction of sp³-hybridized carbons (Fsp3) is 0.294. The molecule has 3 nitrogen and oxygen atoms in total. The van der Waals surface area contributed by atoms with Gasteiger partial charge in [-0.15, -0.1) is 0 Å². The molecule has 0 saturated heterocycles. The zero-order valence-corrected chi connectivity index (χ0v) is 14.3. The molecule has 2 aromatic rings. The number of hydrogen-bond donors (Lipinski definition) is 1. The van der Waals surface area contributed by atoms with Crippen molar-refractivity contribution in [2.24, 2.45) is 0 Å². The van der Waals surface area contributed by atoms with E-state index in [-0.39, 0.29) is 6.04 Å². The number of para-hydroxylation sites is 1. The maximum Gasteiger partial charge on any atom is 0.165 e. The molecule has 0 aliphatic rings. The predicted octanol–water partition coefficient (Wildman–Crippen LogP) is 4.86. The molecule has 0 unspecified atom stereocenters. The molecule has 1 atom stereocenters. The van der Waals surface area contributed by atoms with Gasteiger partial charge in [-0.25, -0.2) is 0 Å². The van der Waals surface area contributed by atoms with E-state index in [4.69, 9.17) is 32.7 Å². The first-order valence-corrected chi connectivity index (χ1v) is 7.70. The number of benzene rings is 2. The summed E-state index contributed by atoms with van der Waals surface area (Å²) >= 11 is 12.0. The second kappa shape index (κ2) is 7.73. The van der Waals surface area contributed by atoms with Crippen LogP contribution in [0.5, 0.6) is 11.5 Å². The van der Waals surface area contributed by atoms with Gasteiger partial charge in [-0.2, -0.15) is 0 Å². The first-order chi connectivity index (χ1) is 10.6. The summed E-state index contributed by atoms with van der Waals surface area (Å²) in [5, 5.41) is 4.57. The Morgan fingerprint density at radius 3 is 2.45 bits per heavy atom. The summed E-state index contributed by atoms with van der Waals surface area (Å²) in [6.07, 6.45) is 0. The Morgan fingerprint density at radius 1 is 1.05 bits per heavy atom. The maximum atomic E-state index is 6.07. The average molecular weight is 340 g/mol. The molecule has 2 aromatic carbocycles. The van der Waals surface area contributed by atoms with Crippen molar-refractivity contribution in [3.8, 4) is 11.5 Å². The van der Waals surface area contributed by atoms with Crippen molar-refractivity contribution in [2.45, 2.75) is 19.5 Å². The lowest BCUT2D eigenvalue weighted by atomic mass is 10.1. The number of methoxy groups -OCH3 is 2. The van der Waals surface area contributed by atoms with Crippen molar-refractivity contribution in [1.82, 2.24) is 5.32 Å². The molecule has 1 N–H and O–H groups in total. The average Bonchev–Trinajstić information content (AvgIpc) is 2.54. The molecule has 0 fully saturated rings. The SMILES string of the molecule is COc1cccc(CN[C@@H](C)c2ccc(Cl)c(Cl)c2)c1OC. The monoisotopic (exact) mass is 339 g/mol. The lowest BCUT2D eigenvalue weighted by Crippen LogP contribution is -2.18. The molecule has 0 aromatic heterocycles. The van der Waals surface area contributed by atoms with Gasteiger partial charge in [0.25, 0.3) is 0 Å². The van der Waals surface area contributed by atoms with Crippen molar-refractivity contribution in [3.63, 3.8) is 0 Å². The third-order valence-corrected chi connectivity index (χ3v) is 4.27. The summed E-state index contributed by atoms with van der Waals surface area (Å²) in [5.74, 6) is 1.47. The molecular weight excluding hydrogens is 321 g/mol. The fourth-order valence-electron chi connectivity index (χ4n) is 2.26. The molecule has 0 saturated carbocycles. The number of nitrogens with one attached hydrogen (secondary N) is 1. The molecule has 2 rings (SSSR count). The van der Waals surface area contributed by atoms with Gasteiger partial charge in [0.15, 0.2) is 11.5 Å². The standard InChI is InChI=1S/C17H19Cl2NO2/c1-11(12-7-8-14(18)15(19)9-12)20-10-13-5-4-6-16(21-2)17(13)22-3/h4-9,11,20H,10H2,1-3H3/t11-/m0/s1. The van der Waals surface area contributed by atoms with Crippen molar-refractivity contribution in [3.05, 3.63) is 57.6 Å². The Kier molecular flexibility index (Phi) is 5.95. The van der Waals surface area contributed by atoms with E-state index in [1.807, 2.05) is 36.4 Å². The number of hydrogen-bond acceptors (Lipinski definition) is 3. The van der Waals surface area contributed by atoms with E-state index in [0.717, 1.165) is 22.6 Å². The summed E-state index contributed by atoms with van der Waals surface area (Å²) in [5.41, 5.74) is 2.12. The highest BCUT2D eigenvalue weighted by atomic mass is 35.5. The van der Waals surface area contributed by atoms with Crippen LogP contribution in [-0.2, 0) is 6.54 Å². The number of rotatable bonds is 6. The van der Waals surface area contributed by atoms with Crippen molar-refractivity contribution < 1.29 is 9.47 Å². The zero-order chi connectivity index (χ0) is 16.1. The topological polar surface area (TPSA) is 30.5 Å². The van der Waals surface area contributed by atoms with Crippen LogP contribution in [0.15, 0.2) is 36.4 Å². The highest BCUT2D eigenvalue weighted by Crippen LogP contribution is 2.31. The van der Waals surface area contributed by atoms with Crippen LogP contribution in [0.4, 0.5) is 0 Å². The van der Waals surface area contributed by atoms with E-state index >= 15 is 0 Å². The van der Waals surface area contributed by atoms with Crippen LogP contribution in [0, 0.1) is 0 Å². The Bertz CT molecular complexity index is 647. The number of halogens is 2. The second-order valence-electron chi connectivity index (χ2n) is 4.93. The normalized spacial score (nSPS) is 12.0. The van der Waals surface area contributed by atoms with E-state index < -0.39 is 0 Å². The lowest BCUT2D eigenvalue weighted by Gasteiger charge is -2.17. The highest BCUT2D eigenvalue weighted by Gasteiger charge is 2.12. The van der Waals surface area contributed by atoms with Crippen molar-refractivity contribution in [2.75, 3.05) is 14.2 Å². The minimum Gasteiger partial charge on any atom is -0.493 e. The lowest BCUT2D eigenvalue weighted by molar-refractivity contribution is 0.350. The van der Waals surface area contributed by atoms with Crippen LogP contribution in [0.2, 0.25) is 10.0 Å². The zero-order valence-electron chi connectivity index (χ0n) is 12.8. The molecule has 0 aliphatic carbocycles.